The number of carboxylic acids is 1. The Hall–Kier alpha value is -2.33. The number of phenols is 1. The molecule has 98 valence electrons. The van der Waals surface area contributed by atoms with Crippen molar-refractivity contribution in [1.29, 1.82) is 0 Å². The number of benzene rings is 2. The number of hydrogen-bond donors (Lipinski definition) is 2. The van der Waals surface area contributed by atoms with Gasteiger partial charge in [-0.2, -0.15) is 0 Å². The molecule has 0 saturated carbocycles. The van der Waals surface area contributed by atoms with Crippen molar-refractivity contribution in [3.05, 3.63) is 65.7 Å². The lowest BCUT2D eigenvalue weighted by atomic mass is 10.1. The highest BCUT2D eigenvalue weighted by Gasteiger charge is 2.20. The molecular weight excluding hydrogens is 244 g/mol. The summed E-state index contributed by atoms with van der Waals surface area (Å²) in [4.78, 5) is 11.2. The number of rotatable bonds is 5. The summed E-state index contributed by atoms with van der Waals surface area (Å²) in [5.74, 6) is -0.904. The lowest BCUT2D eigenvalue weighted by molar-refractivity contribution is -0.151. The van der Waals surface area contributed by atoms with E-state index in [9.17, 15) is 15.0 Å². The van der Waals surface area contributed by atoms with Crippen LogP contribution in [0.5, 0.6) is 5.75 Å². The molecule has 0 heterocycles. The van der Waals surface area contributed by atoms with E-state index in [2.05, 4.69) is 0 Å². The SMILES string of the molecule is O=C(O)C(OCc1cccc(O)c1)c1ccccc1. The van der Waals surface area contributed by atoms with Crippen LogP contribution in [-0.4, -0.2) is 16.2 Å². The van der Waals surface area contributed by atoms with E-state index in [1.807, 2.05) is 6.07 Å². The fourth-order valence-corrected chi connectivity index (χ4v) is 1.76. The van der Waals surface area contributed by atoms with E-state index in [-0.39, 0.29) is 12.4 Å². The van der Waals surface area contributed by atoms with Crippen LogP contribution in [0.15, 0.2) is 54.6 Å². The third-order valence-corrected chi connectivity index (χ3v) is 2.65. The standard InChI is InChI=1S/C15H14O4/c16-13-8-4-5-11(9-13)10-19-14(15(17)18)12-6-2-1-3-7-12/h1-9,14,16H,10H2,(H,17,18). The fourth-order valence-electron chi connectivity index (χ4n) is 1.76. The lowest BCUT2D eigenvalue weighted by Gasteiger charge is -2.14. The van der Waals surface area contributed by atoms with Gasteiger partial charge in [-0.25, -0.2) is 4.79 Å². The molecule has 2 aromatic rings. The Balaban J connectivity index is 2.08. The van der Waals surface area contributed by atoms with Gasteiger partial charge in [0.15, 0.2) is 6.10 Å². The zero-order valence-electron chi connectivity index (χ0n) is 10.2. The summed E-state index contributed by atoms with van der Waals surface area (Å²) in [6.45, 7) is 0.125. The second kappa shape index (κ2) is 6.02. The van der Waals surface area contributed by atoms with Crippen LogP contribution < -0.4 is 0 Å². The first-order chi connectivity index (χ1) is 9.16. The maximum atomic E-state index is 11.2. The molecule has 0 aliphatic carbocycles. The van der Waals surface area contributed by atoms with Crippen LogP contribution in [0.2, 0.25) is 0 Å². The van der Waals surface area contributed by atoms with E-state index >= 15 is 0 Å². The van der Waals surface area contributed by atoms with Crippen LogP contribution in [0.25, 0.3) is 0 Å². The largest absolute Gasteiger partial charge is 0.508 e. The minimum absolute atomic E-state index is 0.125. The van der Waals surface area contributed by atoms with E-state index in [4.69, 9.17) is 4.74 Å². The molecule has 1 atom stereocenters. The topological polar surface area (TPSA) is 66.8 Å². The third kappa shape index (κ3) is 3.56. The van der Waals surface area contributed by atoms with E-state index in [1.54, 1.807) is 48.5 Å². The Labute approximate surface area is 110 Å². The molecule has 0 spiro atoms. The maximum Gasteiger partial charge on any atom is 0.337 e. The molecule has 19 heavy (non-hydrogen) atoms. The van der Waals surface area contributed by atoms with E-state index in [0.717, 1.165) is 5.56 Å². The first-order valence-corrected chi connectivity index (χ1v) is 5.84. The zero-order chi connectivity index (χ0) is 13.7. The highest BCUT2D eigenvalue weighted by Crippen LogP contribution is 2.20. The van der Waals surface area contributed by atoms with Crippen LogP contribution in [0.3, 0.4) is 0 Å². The molecule has 0 saturated heterocycles. The van der Waals surface area contributed by atoms with Gasteiger partial charge in [0, 0.05) is 0 Å². The van der Waals surface area contributed by atoms with Crippen molar-refractivity contribution in [1.82, 2.24) is 0 Å². The number of phenolic OH excluding ortho intramolecular Hbond substituents is 1. The summed E-state index contributed by atoms with van der Waals surface area (Å²) in [7, 11) is 0. The van der Waals surface area contributed by atoms with Crippen LogP contribution in [0.4, 0.5) is 0 Å². The predicted molar refractivity (Wildman–Crippen MR) is 69.7 cm³/mol. The van der Waals surface area contributed by atoms with Crippen molar-refractivity contribution >= 4 is 5.97 Å². The normalized spacial score (nSPS) is 12.0. The van der Waals surface area contributed by atoms with Gasteiger partial charge < -0.3 is 14.9 Å². The Bertz CT molecular complexity index is 551. The van der Waals surface area contributed by atoms with Gasteiger partial charge in [-0.15, -0.1) is 0 Å². The molecule has 4 heteroatoms. The molecule has 0 amide bonds. The van der Waals surface area contributed by atoms with Gasteiger partial charge >= 0.3 is 5.97 Å². The molecule has 0 bridgehead atoms. The Kier molecular flexibility index (Phi) is 4.15. The van der Waals surface area contributed by atoms with Crippen molar-refractivity contribution in [2.75, 3.05) is 0 Å². The predicted octanol–water partition coefficient (Wildman–Crippen LogP) is 2.73. The van der Waals surface area contributed by atoms with Crippen molar-refractivity contribution < 1.29 is 19.7 Å². The second-order valence-electron chi connectivity index (χ2n) is 4.11. The number of hydrogen-bond acceptors (Lipinski definition) is 3. The monoisotopic (exact) mass is 258 g/mol. The average molecular weight is 258 g/mol. The minimum atomic E-state index is -1.04. The molecule has 1 unspecified atom stereocenters. The van der Waals surface area contributed by atoms with Gasteiger partial charge in [-0.3, -0.25) is 0 Å². The van der Waals surface area contributed by atoms with Gasteiger partial charge in [-0.05, 0) is 23.3 Å². The third-order valence-electron chi connectivity index (χ3n) is 2.65. The molecule has 4 nitrogen and oxygen atoms in total. The first kappa shape index (κ1) is 13.1. The quantitative estimate of drug-likeness (QED) is 0.865. The number of aliphatic carboxylic acids is 1. The Morgan fingerprint density at radius 3 is 2.47 bits per heavy atom. The molecule has 0 aromatic heterocycles. The molecule has 0 radical (unpaired) electrons. The van der Waals surface area contributed by atoms with Gasteiger partial charge in [0.1, 0.15) is 5.75 Å². The highest BCUT2D eigenvalue weighted by atomic mass is 16.5. The summed E-state index contributed by atoms with van der Waals surface area (Å²) in [6.07, 6.45) is -1.01. The molecule has 0 aliphatic rings. The highest BCUT2D eigenvalue weighted by molar-refractivity contribution is 5.74. The summed E-state index contributed by atoms with van der Waals surface area (Å²) >= 11 is 0. The van der Waals surface area contributed by atoms with Crippen molar-refractivity contribution in [2.45, 2.75) is 12.7 Å². The lowest BCUT2D eigenvalue weighted by Crippen LogP contribution is -2.15. The summed E-state index contributed by atoms with van der Waals surface area (Å²) in [5.41, 5.74) is 1.32. The van der Waals surface area contributed by atoms with E-state index in [0.29, 0.717) is 5.56 Å². The van der Waals surface area contributed by atoms with Crippen LogP contribution in [-0.2, 0) is 16.1 Å². The molecule has 0 fully saturated rings. The maximum absolute atomic E-state index is 11.2. The van der Waals surface area contributed by atoms with Gasteiger partial charge in [0.25, 0.3) is 0 Å². The van der Waals surface area contributed by atoms with Crippen LogP contribution in [0.1, 0.15) is 17.2 Å². The van der Waals surface area contributed by atoms with E-state index < -0.39 is 12.1 Å². The summed E-state index contributed by atoms with van der Waals surface area (Å²) < 4.78 is 5.42. The summed E-state index contributed by atoms with van der Waals surface area (Å²) in [5, 5.41) is 18.5. The molecule has 2 rings (SSSR count). The molecule has 0 aliphatic heterocycles. The zero-order valence-corrected chi connectivity index (χ0v) is 10.2. The van der Waals surface area contributed by atoms with Gasteiger partial charge in [0.05, 0.1) is 6.61 Å². The summed E-state index contributed by atoms with van der Waals surface area (Å²) in [6, 6.07) is 15.3. The second-order valence-corrected chi connectivity index (χ2v) is 4.11. The van der Waals surface area contributed by atoms with Crippen LogP contribution in [0, 0.1) is 0 Å². The van der Waals surface area contributed by atoms with Gasteiger partial charge in [-0.1, -0.05) is 42.5 Å². The Morgan fingerprint density at radius 2 is 1.84 bits per heavy atom. The number of carbonyl (C=O) groups is 1. The van der Waals surface area contributed by atoms with Crippen molar-refractivity contribution in [3.8, 4) is 5.75 Å². The number of ether oxygens (including phenoxy) is 1. The molecular formula is C15H14O4. The first-order valence-electron chi connectivity index (χ1n) is 5.84. The van der Waals surface area contributed by atoms with E-state index in [1.165, 1.54) is 0 Å². The fraction of sp³-hybridized carbons (Fsp3) is 0.133. The van der Waals surface area contributed by atoms with Gasteiger partial charge in [0.2, 0.25) is 0 Å². The number of aromatic hydroxyl groups is 1. The number of carboxylic acid groups (broad SMARTS) is 1. The van der Waals surface area contributed by atoms with Crippen molar-refractivity contribution in [2.24, 2.45) is 0 Å². The molecule has 2 aromatic carbocycles. The Morgan fingerprint density at radius 1 is 1.11 bits per heavy atom. The smallest absolute Gasteiger partial charge is 0.337 e. The van der Waals surface area contributed by atoms with Crippen LogP contribution >= 0.6 is 0 Å². The minimum Gasteiger partial charge on any atom is -0.508 e. The average Bonchev–Trinajstić information content (AvgIpc) is 2.40. The van der Waals surface area contributed by atoms with Crippen molar-refractivity contribution in [3.63, 3.8) is 0 Å². The molecule has 2 N–H and O–H groups in total.